The topological polar surface area (TPSA) is 59.2 Å². The van der Waals surface area contributed by atoms with E-state index in [9.17, 15) is 9.59 Å². The van der Waals surface area contributed by atoms with E-state index in [1.807, 2.05) is 0 Å². The minimum atomic E-state index is -0.524. The second-order valence-electron chi connectivity index (χ2n) is 2.46. The van der Waals surface area contributed by atoms with Crippen LogP contribution in [0.1, 0.15) is 5.56 Å². The van der Waals surface area contributed by atoms with Gasteiger partial charge in [-0.15, -0.1) is 0 Å². The van der Waals surface area contributed by atoms with Gasteiger partial charge in [-0.25, -0.2) is 4.79 Å². The van der Waals surface area contributed by atoms with Gasteiger partial charge in [-0.3, -0.25) is 4.79 Å². The Balaban J connectivity index is 2.97. The zero-order valence-electron chi connectivity index (χ0n) is 7.41. The van der Waals surface area contributed by atoms with Crippen LogP contribution >= 0.6 is 11.6 Å². The van der Waals surface area contributed by atoms with E-state index >= 15 is 0 Å². The SMILES string of the molecule is COC(=O)C=Cc1cc(Cl)c[nH]c1=O. The molecule has 0 atom stereocenters. The van der Waals surface area contributed by atoms with Crippen LogP contribution in [-0.2, 0) is 9.53 Å². The Hall–Kier alpha value is -1.55. The van der Waals surface area contributed by atoms with Crippen LogP contribution in [0.4, 0.5) is 0 Å². The number of hydrogen-bond donors (Lipinski definition) is 1. The molecule has 0 saturated carbocycles. The van der Waals surface area contributed by atoms with Gasteiger partial charge in [0.2, 0.25) is 0 Å². The van der Waals surface area contributed by atoms with E-state index in [2.05, 4.69) is 9.72 Å². The van der Waals surface area contributed by atoms with Crippen LogP contribution in [0.2, 0.25) is 5.02 Å². The van der Waals surface area contributed by atoms with Gasteiger partial charge in [-0.2, -0.15) is 0 Å². The number of carbonyl (C=O) groups is 1. The van der Waals surface area contributed by atoms with Gasteiger partial charge in [0.05, 0.1) is 12.1 Å². The fourth-order valence-electron chi connectivity index (χ4n) is 0.823. The average Bonchev–Trinajstić information content (AvgIpc) is 2.19. The number of carbonyl (C=O) groups excluding carboxylic acids is 1. The fraction of sp³-hybridized carbons (Fsp3) is 0.111. The van der Waals surface area contributed by atoms with E-state index < -0.39 is 5.97 Å². The Bertz CT molecular complexity index is 422. The molecule has 0 aliphatic carbocycles. The number of H-pyrrole nitrogens is 1. The molecule has 14 heavy (non-hydrogen) atoms. The molecule has 4 nitrogen and oxygen atoms in total. The number of pyridine rings is 1. The molecule has 0 fully saturated rings. The van der Waals surface area contributed by atoms with Crippen molar-refractivity contribution >= 4 is 23.6 Å². The zero-order valence-corrected chi connectivity index (χ0v) is 8.17. The summed E-state index contributed by atoms with van der Waals surface area (Å²) < 4.78 is 4.37. The summed E-state index contributed by atoms with van der Waals surface area (Å²) >= 11 is 5.65. The molecular formula is C9H8ClNO3. The molecule has 0 amide bonds. The molecule has 1 heterocycles. The van der Waals surface area contributed by atoms with E-state index in [4.69, 9.17) is 11.6 Å². The Labute approximate surface area is 85.2 Å². The highest BCUT2D eigenvalue weighted by Crippen LogP contribution is 2.06. The van der Waals surface area contributed by atoms with Gasteiger partial charge in [0.1, 0.15) is 0 Å². The van der Waals surface area contributed by atoms with Crippen molar-refractivity contribution in [3.63, 3.8) is 0 Å². The lowest BCUT2D eigenvalue weighted by molar-refractivity contribution is -0.134. The van der Waals surface area contributed by atoms with Crippen LogP contribution in [0.15, 0.2) is 23.1 Å². The third-order valence-corrected chi connectivity index (χ3v) is 1.72. The number of rotatable bonds is 2. The number of hydrogen-bond acceptors (Lipinski definition) is 3. The minimum Gasteiger partial charge on any atom is -0.466 e. The summed E-state index contributed by atoms with van der Waals surface area (Å²) in [5.41, 5.74) is -0.00236. The maximum atomic E-state index is 11.2. The molecule has 0 bridgehead atoms. The lowest BCUT2D eigenvalue weighted by Gasteiger charge is -1.93. The molecule has 0 saturated heterocycles. The molecule has 0 aliphatic rings. The summed E-state index contributed by atoms with van der Waals surface area (Å²) in [7, 11) is 1.26. The van der Waals surface area contributed by atoms with Crippen molar-refractivity contribution in [2.45, 2.75) is 0 Å². The molecule has 1 rings (SSSR count). The average molecular weight is 214 g/mol. The molecule has 1 N–H and O–H groups in total. The van der Waals surface area contributed by atoms with Crippen molar-refractivity contribution < 1.29 is 9.53 Å². The molecule has 0 aromatic carbocycles. The predicted molar refractivity (Wildman–Crippen MR) is 53.1 cm³/mol. The first-order valence-electron chi connectivity index (χ1n) is 3.77. The zero-order chi connectivity index (χ0) is 10.6. The molecule has 5 heteroatoms. The van der Waals surface area contributed by atoms with E-state index in [0.29, 0.717) is 10.6 Å². The Morgan fingerprint density at radius 2 is 2.36 bits per heavy atom. The van der Waals surface area contributed by atoms with Gasteiger partial charge in [0.25, 0.3) is 5.56 Å². The van der Waals surface area contributed by atoms with Crippen LogP contribution < -0.4 is 5.56 Å². The molecular weight excluding hydrogens is 206 g/mol. The summed E-state index contributed by atoms with van der Waals surface area (Å²) in [6.07, 6.45) is 3.87. The quantitative estimate of drug-likeness (QED) is 0.594. The third kappa shape index (κ3) is 2.74. The number of methoxy groups -OCH3 is 1. The smallest absolute Gasteiger partial charge is 0.330 e. The first kappa shape index (κ1) is 10.5. The standard InChI is InChI=1S/C9H8ClNO3/c1-14-8(12)3-2-6-4-7(10)5-11-9(6)13/h2-5H,1H3,(H,11,13). The normalized spacial score (nSPS) is 10.4. The van der Waals surface area contributed by atoms with Gasteiger partial charge in [-0.05, 0) is 12.1 Å². The van der Waals surface area contributed by atoms with Crippen LogP contribution in [-0.4, -0.2) is 18.1 Å². The summed E-state index contributed by atoms with van der Waals surface area (Å²) in [4.78, 5) is 24.3. The van der Waals surface area contributed by atoms with Gasteiger partial charge < -0.3 is 9.72 Å². The monoisotopic (exact) mass is 213 g/mol. The summed E-state index contributed by atoms with van der Waals surface area (Å²) in [5, 5.41) is 0.397. The highest BCUT2D eigenvalue weighted by molar-refractivity contribution is 6.30. The molecule has 1 aromatic rings. The predicted octanol–water partition coefficient (Wildman–Crippen LogP) is 1.21. The number of aromatic amines is 1. The highest BCUT2D eigenvalue weighted by atomic mass is 35.5. The third-order valence-electron chi connectivity index (χ3n) is 1.50. The van der Waals surface area contributed by atoms with Crippen LogP contribution in [0, 0.1) is 0 Å². The van der Waals surface area contributed by atoms with Crippen LogP contribution in [0.5, 0.6) is 0 Å². The Morgan fingerprint density at radius 1 is 1.64 bits per heavy atom. The minimum absolute atomic E-state index is 0.308. The number of halogens is 1. The number of esters is 1. The first-order valence-corrected chi connectivity index (χ1v) is 4.15. The number of aromatic nitrogens is 1. The Kier molecular flexibility index (Phi) is 3.48. The molecule has 1 aromatic heterocycles. The fourth-order valence-corrected chi connectivity index (χ4v) is 0.995. The molecule has 0 aliphatic heterocycles. The second-order valence-corrected chi connectivity index (χ2v) is 2.90. The van der Waals surface area contributed by atoms with E-state index in [1.165, 1.54) is 25.4 Å². The summed E-state index contributed by atoms with van der Waals surface area (Å²) in [5.74, 6) is -0.524. The van der Waals surface area contributed by atoms with E-state index in [0.717, 1.165) is 6.08 Å². The highest BCUT2D eigenvalue weighted by Gasteiger charge is 1.97. The van der Waals surface area contributed by atoms with Crippen molar-refractivity contribution in [1.82, 2.24) is 4.98 Å². The van der Waals surface area contributed by atoms with Crippen molar-refractivity contribution in [2.75, 3.05) is 7.11 Å². The molecule has 74 valence electrons. The van der Waals surface area contributed by atoms with Crippen molar-refractivity contribution in [2.24, 2.45) is 0 Å². The van der Waals surface area contributed by atoms with Gasteiger partial charge in [0, 0.05) is 17.8 Å². The maximum absolute atomic E-state index is 11.2. The summed E-state index contributed by atoms with van der Waals surface area (Å²) in [6.45, 7) is 0. The first-order chi connectivity index (χ1) is 6.63. The Morgan fingerprint density at radius 3 is 3.00 bits per heavy atom. The van der Waals surface area contributed by atoms with Crippen LogP contribution in [0.25, 0.3) is 6.08 Å². The number of nitrogens with one attached hydrogen (secondary N) is 1. The number of ether oxygens (including phenoxy) is 1. The van der Waals surface area contributed by atoms with Crippen molar-refractivity contribution in [3.8, 4) is 0 Å². The van der Waals surface area contributed by atoms with Gasteiger partial charge in [0.15, 0.2) is 0 Å². The van der Waals surface area contributed by atoms with Gasteiger partial charge in [-0.1, -0.05) is 11.6 Å². The molecule has 0 spiro atoms. The van der Waals surface area contributed by atoms with E-state index in [-0.39, 0.29) is 5.56 Å². The van der Waals surface area contributed by atoms with Crippen molar-refractivity contribution in [3.05, 3.63) is 39.3 Å². The van der Waals surface area contributed by atoms with Crippen molar-refractivity contribution in [1.29, 1.82) is 0 Å². The maximum Gasteiger partial charge on any atom is 0.330 e. The van der Waals surface area contributed by atoms with E-state index in [1.54, 1.807) is 0 Å². The lowest BCUT2D eigenvalue weighted by Crippen LogP contribution is -2.08. The van der Waals surface area contributed by atoms with Crippen LogP contribution in [0.3, 0.4) is 0 Å². The summed E-state index contributed by atoms with van der Waals surface area (Å²) in [6, 6.07) is 1.46. The molecule has 0 radical (unpaired) electrons. The molecule has 0 unspecified atom stereocenters. The largest absolute Gasteiger partial charge is 0.466 e. The lowest BCUT2D eigenvalue weighted by atomic mass is 10.2. The second kappa shape index (κ2) is 4.62. The van der Waals surface area contributed by atoms with Gasteiger partial charge >= 0.3 is 5.97 Å².